The third-order valence-corrected chi connectivity index (χ3v) is 4.24. The third-order valence-electron chi connectivity index (χ3n) is 3.50. The molecule has 0 radical (unpaired) electrons. The van der Waals surface area contributed by atoms with E-state index in [1.807, 2.05) is 32.6 Å². The highest BCUT2D eigenvalue weighted by Crippen LogP contribution is 2.28. The summed E-state index contributed by atoms with van der Waals surface area (Å²) in [5.74, 6) is 0.812. The number of carbonyl (C=O) groups excluding carboxylic acids is 1. The van der Waals surface area contributed by atoms with Crippen LogP contribution in [0.2, 0.25) is 10.0 Å². The fourth-order valence-electron chi connectivity index (χ4n) is 1.92. The molecule has 0 aliphatic heterocycles. The zero-order valence-electron chi connectivity index (χ0n) is 14.2. The maximum absolute atomic E-state index is 12.8. The van der Waals surface area contributed by atoms with E-state index in [0.29, 0.717) is 22.3 Å². The first kappa shape index (κ1) is 22.0. The van der Waals surface area contributed by atoms with Crippen LogP contribution >= 0.6 is 23.2 Å². The van der Waals surface area contributed by atoms with E-state index in [-0.39, 0.29) is 18.4 Å². The molecule has 0 aliphatic rings. The van der Waals surface area contributed by atoms with Gasteiger partial charge in [0, 0.05) is 26.6 Å². The molecule has 0 bridgehead atoms. The predicted molar refractivity (Wildman–Crippen MR) is 94.7 cm³/mol. The van der Waals surface area contributed by atoms with Gasteiger partial charge in [0.15, 0.2) is 0 Å². The molecule has 0 atom stereocenters. The van der Waals surface area contributed by atoms with Gasteiger partial charge < -0.3 is 17.3 Å². The smallest absolute Gasteiger partial charge is 0.416 e. The van der Waals surface area contributed by atoms with Crippen molar-refractivity contribution >= 4 is 40.8 Å². The second-order valence-electron chi connectivity index (χ2n) is 5.43. The van der Waals surface area contributed by atoms with Gasteiger partial charge >= 0.3 is 6.03 Å². The van der Waals surface area contributed by atoms with Crippen LogP contribution in [0.15, 0.2) is 18.2 Å². The van der Waals surface area contributed by atoms with Crippen LogP contribution in [0.1, 0.15) is 26.7 Å². The van der Waals surface area contributed by atoms with Crippen LogP contribution in [0.25, 0.3) is 0 Å². The second-order valence-corrected chi connectivity index (χ2v) is 6.25. The molecule has 0 saturated carbocycles. The quantitative estimate of drug-likeness (QED) is 0.440. The Morgan fingerprint density at radius 3 is 2.30 bits per heavy atom. The van der Waals surface area contributed by atoms with E-state index in [0.717, 1.165) is 18.7 Å². The van der Waals surface area contributed by atoms with Gasteiger partial charge in [0.1, 0.15) is 5.69 Å². The fourth-order valence-corrected chi connectivity index (χ4v) is 2.21. The summed E-state index contributed by atoms with van der Waals surface area (Å²) < 4.78 is 1.90. The topological polar surface area (TPSA) is 26.6 Å². The van der Waals surface area contributed by atoms with Gasteiger partial charge in [-0.3, -0.25) is 4.58 Å². The number of urea groups is 1. The Labute approximate surface area is 155 Å². The van der Waals surface area contributed by atoms with E-state index in [1.54, 1.807) is 28.0 Å². The molecular formula is C16H24Cl3N3O. The number of amides is 2. The van der Waals surface area contributed by atoms with E-state index >= 15 is 0 Å². The van der Waals surface area contributed by atoms with Crippen LogP contribution < -0.4 is 17.3 Å². The Kier molecular flexibility index (Phi) is 9.59. The van der Waals surface area contributed by atoms with E-state index in [1.165, 1.54) is 0 Å². The maximum Gasteiger partial charge on any atom is 0.416 e. The number of hydrogen-bond acceptors (Lipinski definition) is 1. The molecule has 1 aromatic carbocycles. The molecule has 0 aromatic heterocycles. The number of unbranched alkanes of at least 4 members (excludes halogenated alkanes) is 1. The second kappa shape index (κ2) is 10.0. The van der Waals surface area contributed by atoms with Gasteiger partial charge in [-0.1, -0.05) is 36.5 Å². The lowest BCUT2D eigenvalue weighted by Gasteiger charge is -2.23. The van der Waals surface area contributed by atoms with Gasteiger partial charge in [-0.15, -0.1) is 4.90 Å². The molecule has 130 valence electrons. The first-order valence-corrected chi connectivity index (χ1v) is 8.06. The summed E-state index contributed by atoms with van der Waals surface area (Å²) in [5, 5.41) is 0.902. The Bertz CT molecular complexity index is 572. The van der Waals surface area contributed by atoms with Crippen LogP contribution in [0.3, 0.4) is 0 Å². The number of nitrogens with zero attached hydrogens (tertiary/aromatic N) is 3. The molecule has 4 nitrogen and oxygen atoms in total. The molecule has 0 heterocycles. The molecule has 1 rings (SSSR count). The summed E-state index contributed by atoms with van der Waals surface area (Å²) in [6.45, 7) is 4.72. The molecule has 0 unspecified atom stereocenters. The van der Waals surface area contributed by atoms with Crippen LogP contribution in [0, 0.1) is 0 Å². The Balaban J connectivity index is 0.00000484. The Morgan fingerprint density at radius 1 is 1.22 bits per heavy atom. The van der Waals surface area contributed by atoms with Crippen molar-refractivity contribution in [2.24, 2.45) is 0 Å². The standard InChI is InChI=1S/C16H24Cl2N3O.ClH/c1-6-7-10-20(5)16(22)21(12(2)19(3)4)13-8-9-14(17)15(18)11-13;/h8-9,11H,6-7,10H2,1-5H3;1H/q+1;/p-1. The summed E-state index contributed by atoms with van der Waals surface area (Å²) in [6, 6.07) is 5.13. The number of rotatable bonds is 4. The minimum Gasteiger partial charge on any atom is -1.00 e. The van der Waals surface area contributed by atoms with Gasteiger partial charge in [-0.05, 0) is 18.6 Å². The molecule has 0 fully saturated rings. The monoisotopic (exact) mass is 379 g/mol. The van der Waals surface area contributed by atoms with Crippen molar-refractivity contribution in [2.45, 2.75) is 26.7 Å². The van der Waals surface area contributed by atoms with Crippen molar-refractivity contribution in [1.82, 2.24) is 4.90 Å². The van der Waals surface area contributed by atoms with Gasteiger partial charge in [-0.2, -0.15) is 0 Å². The average Bonchev–Trinajstić information content (AvgIpc) is 2.48. The average molecular weight is 381 g/mol. The molecule has 0 aliphatic carbocycles. The predicted octanol–water partition coefficient (Wildman–Crippen LogP) is 1.35. The van der Waals surface area contributed by atoms with E-state index in [4.69, 9.17) is 23.2 Å². The number of benzene rings is 1. The summed E-state index contributed by atoms with van der Waals surface area (Å²) in [5.41, 5.74) is 0.703. The van der Waals surface area contributed by atoms with Gasteiger partial charge in [0.25, 0.3) is 5.84 Å². The van der Waals surface area contributed by atoms with Crippen molar-refractivity contribution < 1.29 is 21.8 Å². The molecule has 7 heteroatoms. The SMILES string of the molecule is CCCCN(C)C(=O)N(C(C)=[N+](C)C)c1ccc(Cl)c(Cl)c1.[Cl-]. The largest absolute Gasteiger partial charge is 1.00 e. The van der Waals surface area contributed by atoms with Crippen molar-refractivity contribution in [1.29, 1.82) is 0 Å². The molecule has 0 saturated heterocycles. The Hall–Kier alpha value is -0.970. The molecule has 1 aromatic rings. The Morgan fingerprint density at radius 2 is 1.83 bits per heavy atom. The van der Waals surface area contributed by atoms with Gasteiger partial charge in [0.2, 0.25) is 0 Å². The van der Waals surface area contributed by atoms with Crippen molar-refractivity contribution in [3.05, 3.63) is 28.2 Å². The highest BCUT2D eigenvalue weighted by atomic mass is 35.5. The van der Waals surface area contributed by atoms with Crippen LogP contribution in [0.5, 0.6) is 0 Å². The van der Waals surface area contributed by atoms with Crippen molar-refractivity contribution in [3.8, 4) is 0 Å². The highest BCUT2D eigenvalue weighted by Gasteiger charge is 2.30. The number of amidine groups is 1. The van der Waals surface area contributed by atoms with Crippen molar-refractivity contribution in [3.63, 3.8) is 0 Å². The first-order valence-electron chi connectivity index (χ1n) is 7.30. The summed E-state index contributed by atoms with van der Waals surface area (Å²) >= 11 is 12.1. The van der Waals surface area contributed by atoms with Gasteiger partial charge in [-0.25, -0.2) is 4.79 Å². The highest BCUT2D eigenvalue weighted by molar-refractivity contribution is 6.42. The number of carbonyl (C=O) groups is 1. The first-order chi connectivity index (χ1) is 10.3. The summed E-state index contributed by atoms with van der Waals surface area (Å²) in [6.07, 6.45) is 2.01. The summed E-state index contributed by atoms with van der Waals surface area (Å²) in [7, 11) is 5.61. The minimum absolute atomic E-state index is 0. The normalized spacial score (nSPS) is 9.87. The zero-order chi connectivity index (χ0) is 16.9. The third kappa shape index (κ3) is 5.87. The lowest BCUT2D eigenvalue weighted by Crippen LogP contribution is -3.00. The lowest BCUT2D eigenvalue weighted by molar-refractivity contribution is -0.465. The molecule has 2 amide bonds. The molecule has 0 spiro atoms. The molecule has 23 heavy (non-hydrogen) atoms. The molecule has 0 N–H and O–H groups in total. The maximum atomic E-state index is 12.8. The zero-order valence-corrected chi connectivity index (χ0v) is 16.5. The molecular weight excluding hydrogens is 357 g/mol. The number of hydrogen-bond donors (Lipinski definition) is 0. The number of halogens is 3. The number of anilines is 1. The van der Waals surface area contributed by atoms with Crippen molar-refractivity contribution in [2.75, 3.05) is 32.6 Å². The van der Waals surface area contributed by atoms with Crippen LogP contribution in [-0.4, -0.2) is 49.0 Å². The van der Waals surface area contributed by atoms with E-state index < -0.39 is 0 Å². The lowest BCUT2D eigenvalue weighted by atomic mass is 10.2. The minimum atomic E-state index is -0.0851. The summed E-state index contributed by atoms with van der Waals surface area (Å²) in [4.78, 5) is 16.2. The van der Waals surface area contributed by atoms with Gasteiger partial charge in [0.05, 0.1) is 24.1 Å². The fraction of sp³-hybridized carbons (Fsp3) is 0.500. The van der Waals surface area contributed by atoms with E-state index in [9.17, 15) is 4.79 Å². The van der Waals surface area contributed by atoms with Crippen LogP contribution in [-0.2, 0) is 0 Å². The van der Waals surface area contributed by atoms with Crippen LogP contribution in [0.4, 0.5) is 10.5 Å². The van der Waals surface area contributed by atoms with E-state index in [2.05, 4.69) is 6.92 Å².